The highest BCUT2D eigenvalue weighted by molar-refractivity contribution is 5.48. The first-order chi connectivity index (χ1) is 10.1. The molecule has 21 heavy (non-hydrogen) atoms. The largest absolute Gasteiger partial charge is 0.507 e. The molecule has 0 aliphatic heterocycles. The lowest BCUT2D eigenvalue weighted by molar-refractivity contribution is 0.402. The Hall–Kier alpha value is -2.20. The fraction of sp³-hybridized carbons (Fsp3) is 0.294. The summed E-state index contributed by atoms with van der Waals surface area (Å²) in [5.74, 6) is 0.899. The highest BCUT2D eigenvalue weighted by Gasteiger charge is 2.03. The number of methoxy groups -OCH3 is 1. The van der Waals surface area contributed by atoms with Crippen LogP contribution in [-0.2, 0) is 13.1 Å². The Labute approximate surface area is 126 Å². The van der Waals surface area contributed by atoms with E-state index in [0.717, 1.165) is 17.8 Å². The Morgan fingerprint density at radius 1 is 1.14 bits per heavy atom. The zero-order chi connectivity index (χ0) is 15.2. The fourth-order valence-corrected chi connectivity index (χ4v) is 2.16. The number of nitrogens with zero attached hydrogens (tertiary/aromatic N) is 1. The first kappa shape index (κ1) is 15.2. The van der Waals surface area contributed by atoms with Gasteiger partial charge in [-0.2, -0.15) is 0 Å². The molecular formula is C17H22N2O2. The molecule has 2 N–H and O–H groups in total. The minimum Gasteiger partial charge on any atom is -0.507 e. The molecule has 0 aliphatic rings. The van der Waals surface area contributed by atoms with Crippen molar-refractivity contribution in [3.8, 4) is 11.5 Å². The zero-order valence-electron chi connectivity index (χ0n) is 12.8. The van der Waals surface area contributed by atoms with Crippen LogP contribution in [0.4, 0.5) is 5.69 Å². The van der Waals surface area contributed by atoms with Crippen LogP contribution in [0, 0.1) is 0 Å². The highest BCUT2D eigenvalue weighted by Crippen LogP contribution is 2.24. The molecule has 0 atom stereocenters. The highest BCUT2D eigenvalue weighted by atomic mass is 16.5. The van der Waals surface area contributed by atoms with E-state index in [2.05, 4.69) is 36.4 Å². The van der Waals surface area contributed by atoms with Crippen LogP contribution in [0.2, 0.25) is 0 Å². The SMILES string of the molecule is COc1ccc(CNc2cccc(CN(C)C)c2)c(O)c1. The van der Waals surface area contributed by atoms with Crippen molar-refractivity contribution >= 4 is 5.69 Å². The quantitative estimate of drug-likeness (QED) is 0.856. The first-order valence-corrected chi connectivity index (χ1v) is 6.92. The van der Waals surface area contributed by atoms with Crippen molar-refractivity contribution in [2.24, 2.45) is 0 Å². The molecule has 0 saturated carbocycles. The molecule has 0 fully saturated rings. The lowest BCUT2D eigenvalue weighted by atomic mass is 10.1. The van der Waals surface area contributed by atoms with Crippen molar-refractivity contribution in [3.63, 3.8) is 0 Å². The predicted octanol–water partition coefficient (Wildman–Crippen LogP) is 3.07. The maximum atomic E-state index is 9.95. The molecule has 2 aromatic carbocycles. The van der Waals surface area contributed by atoms with Crippen LogP contribution in [0.1, 0.15) is 11.1 Å². The molecule has 2 aromatic rings. The van der Waals surface area contributed by atoms with E-state index in [1.165, 1.54) is 5.56 Å². The van der Waals surface area contributed by atoms with Crippen LogP contribution in [-0.4, -0.2) is 31.2 Å². The van der Waals surface area contributed by atoms with E-state index < -0.39 is 0 Å². The number of hydrogen-bond donors (Lipinski definition) is 2. The van der Waals surface area contributed by atoms with Gasteiger partial charge in [0.05, 0.1) is 7.11 Å². The summed E-state index contributed by atoms with van der Waals surface area (Å²) in [6.45, 7) is 1.48. The van der Waals surface area contributed by atoms with Gasteiger partial charge >= 0.3 is 0 Å². The normalized spacial score (nSPS) is 10.7. The molecule has 2 rings (SSSR count). The van der Waals surface area contributed by atoms with Gasteiger partial charge in [0.2, 0.25) is 0 Å². The van der Waals surface area contributed by atoms with Gasteiger partial charge < -0.3 is 20.1 Å². The molecule has 112 valence electrons. The van der Waals surface area contributed by atoms with Crippen molar-refractivity contribution in [1.82, 2.24) is 4.90 Å². The van der Waals surface area contributed by atoms with E-state index in [-0.39, 0.29) is 5.75 Å². The maximum absolute atomic E-state index is 9.95. The topological polar surface area (TPSA) is 44.7 Å². The Morgan fingerprint density at radius 3 is 2.62 bits per heavy atom. The Bertz CT molecular complexity index is 597. The second-order valence-corrected chi connectivity index (χ2v) is 5.29. The van der Waals surface area contributed by atoms with E-state index >= 15 is 0 Å². The summed E-state index contributed by atoms with van der Waals surface area (Å²) in [4.78, 5) is 2.13. The smallest absolute Gasteiger partial charge is 0.124 e. The van der Waals surface area contributed by atoms with Gasteiger partial charge in [-0.15, -0.1) is 0 Å². The zero-order valence-corrected chi connectivity index (χ0v) is 12.8. The number of benzene rings is 2. The Kier molecular flexibility index (Phi) is 5.06. The van der Waals surface area contributed by atoms with Crippen molar-refractivity contribution in [2.45, 2.75) is 13.1 Å². The number of aromatic hydroxyl groups is 1. The number of anilines is 1. The monoisotopic (exact) mass is 286 g/mol. The maximum Gasteiger partial charge on any atom is 0.124 e. The van der Waals surface area contributed by atoms with Crippen LogP contribution in [0.15, 0.2) is 42.5 Å². The number of hydrogen-bond acceptors (Lipinski definition) is 4. The van der Waals surface area contributed by atoms with E-state index in [1.54, 1.807) is 13.2 Å². The second-order valence-electron chi connectivity index (χ2n) is 5.29. The number of phenolic OH excluding ortho intramolecular Hbond substituents is 1. The summed E-state index contributed by atoms with van der Waals surface area (Å²) < 4.78 is 5.08. The van der Waals surface area contributed by atoms with E-state index in [0.29, 0.717) is 12.3 Å². The summed E-state index contributed by atoms with van der Waals surface area (Å²) in [7, 11) is 5.69. The molecule has 0 bridgehead atoms. The second kappa shape index (κ2) is 6.99. The molecule has 0 unspecified atom stereocenters. The van der Waals surface area contributed by atoms with Gasteiger partial charge in [0.25, 0.3) is 0 Å². The van der Waals surface area contributed by atoms with Gasteiger partial charge in [0.1, 0.15) is 11.5 Å². The lowest BCUT2D eigenvalue weighted by Crippen LogP contribution is -2.10. The van der Waals surface area contributed by atoms with E-state index in [4.69, 9.17) is 4.74 Å². The van der Waals surface area contributed by atoms with E-state index in [1.807, 2.05) is 24.3 Å². The molecular weight excluding hydrogens is 264 g/mol. The molecule has 0 spiro atoms. The summed E-state index contributed by atoms with van der Waals surface area (Å²) in [5, 5.41) is 13.3. The minimum absolute atomic E-state index is 0.242. The Balaban J connectivity index is 2.02. The molecule has 0 radical (unpaired) electrons. The molecule has 0 saturated heterocycles. The van der Waals surface area contributed by atoms with Gasteiger partial charge in [-0.1, -0.05) is 12.1 Å². The van der Waals surface area contributed by atoms with Gasteiger partial charge in [-0.05, 0) is 43.9 Å². The minimum atomic E-state index is 0.242. The van der Waals surface area contributed by atoms with Gasteiger partial charge in [0, 0.05) is 30.4 Å². The molecule has 0 amide bonds. The third kappa shape index (κ3) is 4.39. The summed E-state index contributed by atoms with van der Waals surface area (Å²) in [6.07, 6.45) is 0. The molecule has 0 aliphatic carbocycles. The molecule has 0 heterocycles. The summed E-state index contributed by atoms with van der Waals surface area (Å²) in [5.41, 5.74) is 3.14. The van der Waals surface area contributed by atoms with Crippen LogP contribution in [0.3, 0.4) is 0 Å². The van der Waals surface area contributed by atoms with Gasteiger partial charge in [0.15, 0.2) is 0 Å². The fourth-order valence-electron chi connectivity index (χ4n) is 2.16. The lowest BCUT2D eigenvalue weighted by Gasteiger charge is -2.13. The van der Waals surface area contributed by atoms with Crippen molar-refractivity contribution in [2.75, 3.05) is 26.5 Å². The average Bonchev–Trinajstić information content (AvgIpc) is 2.45. The van der Waals surface area contributed by atoms with Crippen LogP contribution in [0.25, 0.3) is 0 Å². The van der Waals surface area contributed by atoms with Crippen molar-refractivity contribution in [1.29, 1.82) is 0 Å². The third-order valence-electron chi connectivity index (χ3n) is 3.20. The third-order valence-corrected chi connectivity index (χ3v) is 3.20. The van der Waals surface area contributed by atoms with Gasteiger partial charge in [-0.3, -0.25) is 0 Å². The van der Waals surface area contributed by atoms with Crippen LogP contribution >= 0.6 is 0 Å². The number of ether oxygens (including phenoxy) is 1. The van der Waals surface area contributed by atoms with E-state index in [9.17, 15) is 5.11 Å². The van der Waals surface area contributed by atoms with Crippen LogP contribution in [0.5, 0.6) is 11.5 Å². The first-order valence-electron chi connectivity index (χ1n) is 6.92. The molecule has 4 nitrogen and oxygen atoms in total. The standard InChI is InChI=1S/C17H22N2O2/c1-19(2)12-13-5-4-6-15(9-13)18-11-14-7-8-16(21-3)10-17(14)20/h4-10,18,20H,11-12H2,1-3H3. The number of phenols is 1. The summed E-state index contributed by atoms with van der Waals surface area (Å²) in [6, 6.07) is 13.6. The summed E-state index contributed by atoms with van der Waals surface area (Å²) >= 11 is 0. The van der Waals surface area contributed by atoms with Crippen LogP contribution < -0.4 is 10.1 Å². The van der Waals surface area contributed by atoms with Crippen molar-refractivity contribution in [3.05, 3.63) is 53.6 Å². The van der Waals surface area contributed by atoms with Gasteiger partial charge in [-0.25, -0.2) is 0 Å². The Morgan fingerprint density at radius 2 is 1.95 bits per heavy atom. The number of nitrogens with one attached hydrogen (secondary N) is 1. The predicted molar refractivity (Wildman–Crippen MR) is 85.8 cm³/mol. The molecule has 4 heteroatoms. The number of rotatable bonds is 6. The average molecular weight is 286 g/mol. The van der Waals surface area contributed by atoms with Crippen molar-refractivity contribution < 1.29 is 9.84 Å². The molecule has 0 aromatic heterocycles.